The van der Waals surface area contributed by atoms with Gasteiger partial charge in [0.1, 0.15) is 5.75 Å². The van der Waals surface area contributed by atoms with Crippen LogP contribution in [0.3, 0.4) is 0 Å². The molecule has 1 aromatic carbocycles. The second-order valence-corrected chi connectivity index (χ2v) is 4.82. The second-order valence-electron chi connectivity index (χ2n) is 4.82. The SMILES string of the molecule is COC(CNC(=O)c1cccc(OCc2noc(C)n2)c1)C(=O)O. The van der Waals surface area contributed by atoms with Crippen LogP contribution in [-0.2, 0) is 16.1 Å². The topological polar surface area (TPSA) is 124 Å². The van der Waals surface area contributed by atoms with E-state index in [1.165, 1.54) is 13.2 Å². The van der Waals surface area contributed by atoms with Crippen LogP contribution in [0.2, 0.25) is 0 Å². The van der Waals surface area contributed by atoms with Crippen LogP contribution in [0.25, 0.3) is 0 Å². The van der Waals surface area contributed by atoms with E-state index in [9.17, 15) is 9.59 Å². The summed E-state index contributed by atoms with van der Waals surface area (Å²) in [5, 5.41) is 15.1. The number of nitrogens with zero attached hydrogens (tertiary/aromatic N) is 2. The Morgan fingerprint density at radius 1 is 1.42 bits per heavy atom. The molecule has 0 radical (unpaired) electrons. The van der Waals surface area contributed by atoms with Crippen LogP contribution in [0.15, 0.2) is 28.8 Å². The van der Waals surface area contributed by atoms with Gasteiger partial charge in [0.05, 0.1) is 6.54 Å². The summed E-state index contributed by atoms with van der Waals surface area (Å²) in [5.74, 6) is -0.296. The van der Waals surface area contributed by atoms with Crippen molar-refractivity contribution in [2.24, 2.45) is 0 Å². The number of methoxy groups -OCH3 is 1. The van der Waals surface area contributed by atoms with Crippen molar-refractivity contribution in [3.63, 3.8) is 0 Å². The van der Waals surface area contributed by atoms with E-state index in [0.717, 1.165) is 0 Å². The van der Waals surface area contributed by atoms with E-state index < -0.39 is 18.0 Å². The van der Waals surface area contributed by atoms with Gasteiger partial charge in [0.2, 0.25) is 11.7 Å². The molecule has 1 heterocycles. The molecule has 0 aliphatic rings. The number of amides is 1. The summed E-state index contributed by atoms with van der Waals surface area (Å²) in [6, 6.07) is 6.45. The van der Waals surface area contributed by atoms with Gasteiger partial charge in [0.15, 0.2) is 12.7 Å². The number of rotatable bonds is 8. The van der Waals surface area contributed by atoms with Crippen molar-refractivity contribution >= 4 is 11.9 Å². The first-order valence-electron chi connectivity index (χ1n) is 7.05. The van der Waals surface area contributed by atoms with Gasteiger partial charge in [-0.2, -0.15) is 4.98 Å². The lowest BCUT2D eigenvalue weighted by atomic mass is 10.2. The summed E-state index contributed by atoms with van der Waals surface area (Å²) < 4.78 is 15.1. The first-order chi connectivity index (χ1) is 11.5. The third-order valence-electron chi connectivity index (χ3n) is 3.04. The largest absolute Gasteiger partial charge is 0.485 e. The summed E-state index contributed by atoms with van der Waals surface area (Å²) in [7, 11) is 1.26. The number of carbonyl (C=O) groups excluding carboxylic acids is 1. The van der Waals surface area contributed by atoms with Gasteiger partial charge < -0.3 is 24.4 Å². The highest BCUT2D eigenvalue weighted by Crippen LogP contribution is 2.14. The van der Waals surface area contributed by atoms with Gasteiger partial charge in [-0.25, -0.2) is 4.79 Å². The molecule has 0 bridgehead atoms. The maximum atomic E-state index is 12.1. The predicted molar refractivity (Wildman–Crippen MR) is 80.6 cm³/mol. The standard InChI is InChI=1S/C15H17N3O6/c1-9-17-13(18-24-9)8-23-11-5-3-4-10(6-11)14(19)16-7-12(22-2)15(20)21/h3-6,12H,7-8H2,1-2H3,(H,16,19)(H,20,21). The number of ether oxygens (including phenoxy) is 2. The molecule has 128 valence electrons. The van der Waals surface area contributed by atoms with Gasteiger partial charge in [-0.1, -0.05) is 11.2 Å². The average molecular weight is 335 g/mol. The number of carbonyl (C=O) groups is 2. The van der Waals surface area contributed by atoms with Crippen LogP contribution < -0.4 is 10.1 Å². The molecule has 0 aliphatic heterocycles. The molecular weight excluding hydrogens is 318 g/mol. The number of hydrogen-bond donors (Lipinski definition) is 2. The zero-order valence-corrected chi connectivity index (χ0v) is 13.2. The van der Waals surface area contributed by atoms with Crippen molar-refractivity contribution in [3.05, 3.63) is 41.5 Å². The van der Waals surface area contributed by atoms with Gasteiger partial charge >= 0.3 is 5.97 Å². The molecule has 1 amide bonds. The lowest BCUT2D eigenvalue weighted by molar-refractivity contribution is -0.148. The van der Waals surface area contributed by atoms with E-state index in [1.807, 2.05) is 0 Å². The normalized spacial score (nSPS) is 11.8. The summed E-state index contributed by atoms with van der Waals surface area (Å²) in [5.41, 5.74) is 0.331. The molecule has 2 rings (SSSR count). The molecule has 9 heteroatoms. The van der Waals surface area contributed by atoms with E-state index in [0.29, 0.717) is 23.0 Å². The first kappa shape index (κ1) is 17.4. The van der Waals surface area contributed by atoms with Crippen molar-refractivity contribution < 1.29 is 28.7 Å². The minimum Gasteiger partial charge on any atom is -0.485 e. The number of carboxylic acids is 1. The minimum atomic E-state index is -1.15. The van der Waals surface area contributed by atoms with Crippen molar-refractivity contribution in [1.29, 1.82) is 0 Å². The van der Waals surface area contributed by atoms with Gasteiger partial charge in [0.25, 0.3) is 5.91 Å². The van der Waals surface area contributed by atoms with E-state index >= 15 is 0 Å². The number of aliphatic carboxylic acids is 1. The Bertz CT molecular complexity index is 715. The molecule has 0 saturated heterocycles. The number of nitrogens with one attached hydrogen (secondary N) is 1. The van der Waals surface area contributed by atoms with Crippen molar-refractivity contribution in [2.45, 2.75) is 19.6 Å². The number of benzene rings is 1. The summed E-state index contributed by atoms with van der Waals surface area (Å²) in [6.45, 7) is 1.64. The lowest BCUT2D eigenvalue weighted by Gasteiger charge is -2.12. The second kappa shape index (κ2) is 8.06. The summed E-state index contributed by atoms with van der Waals surface area (Å²) in [6.07, 6.45) is -1.10. The number of aromatic nitrogens is 2. The van der Waals surface area contributed by atoms with Crippen LogP contribution in [0.5, 0.6) is 5.75 Å². The fraction of sp³-hybridized carbons (Fsp3) is 0.333. The zero-order chi connectivity index (χ0) is 17.5. The Morgan fingerprint density at radius 3 is 2.83 bits per heavy atom. The van der Waals surface area contributed by atoms with Crippen LogP contribution in [0.1, 0.15) is 22.1 Å². The van der Waals surface area contributed by atoms with Crippen LogP contribution in [0, 0.1) is 6.92 Å². The van der Waals surface area contributed by atoms with Gasteiger partial charge in [-0.15, -0.1) is 0 Å². The molecule has 2 N–H and O–H groups in total. The Kier molecular flexibility index (Phi) is 5.85. The van der Waals surface area contributed by atoms with Crippen molar-refractivity contribution in [2.75, 3.05) is 13.7 Å². The smallest absolute Gasteiger partial charge is 0.334 e. The number of aryl methyl sites for hydroxylation is 1. The molecule has 24 heavy (non-hydrogen) atoms. The highest BCUT2D eigenvalue weighted by Gasteiger charge is 2.17. The average Bonchev–Trinajstić information content (AvgIpc) is 2.99. The monoisotopic (exact) mass is 335 g/mol. The maximum Gasteiger partial charge on any atom is 0.334 e. The fourth-order valence-electron chi connectivity index (χ4n) is 1.83. The third-order valence-corrected chi connectivity index (χ3v) is 3.04. The maximum absolute atomic E-state index is 12.1. The Morgan fingerprint density at radius 2 is 2.21 bits per heavy atom. The molecule has 1 unspecified atom stereocenters. The first-order valence-corrected chi connectivity index (χ1v) is 7.05. The molecule has 9 nitrogen and oxygen atoms in total. The molecule has 2 aromatic rings. The van der Waals surface area contributed by atoms with Crippen molar-refractivity contribution in [1.82, 2.24) is 15.5 Å². The van der Waals surface area contributed by atoms with E-state index in [1.54, 1.807) is 25.1 Å². The van der Waals surface area contributed by atoms with Crippen LogP contribution >= 0.6 is 0 Å². The van der Waals surface area contributed by atoms with Crippen LogP contribution in [-0.4, -0.2) is 46.9 Å². The Hall–Kier alpha value is -2.94. The molecule has 1 atom stereocenters. The molecular formula is C15H17N3O6. The van der Waals surface area contributed by atoms with E-state index in [4.69, 9.17) is 19.1 Å². The highest BCUT2D eigenvalue weighted by atomic mass is 16.5. The number of hydrogen-bond acceptors (Lipinski definition) is 7. The predicted octanol–water partition coefficient (Wildman–Crippen LogP) is 0.786. The Balaban J connectivity index is 1.93. The zero-order valence-electron chi connectivity index (χ0n) is 13.2. The quantitative estimate of drug-likeness (QED) is 0.725. The fourth-order valence-corrected chi connectivity index (χ4v) is 1.83. The van der Waals surface area contributed by atoms with E-state index in [-0.39, 0.29) is 13.2 Å². The molecule has 0 saturated carbocycles. The summed E-state index contributed by atoms with van der Waals surface area (Å²) in [4.78, 5) is 26.9. The minimum absolute atomic E-state index is 0.104. The Labute approximate surface area is 137 Å². The molecule has 0 aliphatic carbocycles. The number of carboxylic acid groups (broad SMARTS) is 1. The van der Waals surface area contributed by atoms with Crippen molar-refractivity contribution in [3.8, 4) is 5.75 Å². The van der Waals surface area contributed by atoms with Crippen LogP contribution in [0.4, 0.5) is 0 Å². The van der Waals surface area contributed by atoms with Gasteiger partial charge in [-0.05, 0) is 18.2 Å². The summed E-state index contributed by atoms with van der Waals surface area (Å²) >= 11 is 0. The van der Waals surface area contributed by atoms with E-state index in [2.05, 4.69) is 15.5 Å². The molecule has 0 spiro atoms. The highest BCUT2D eigenvalue weighted by molar-refractivity contribution is 5.94. The third kappa shape index (κ3) is 4.78. The lowest BCUT2D eigenvalue weighted by Crippen LogP contribution is -2.37. The van der Waals surface area contributed by atoms with Gasteiger partial charge in [-0.3, -0.25) is 4.79 Å². The molecule has 1 aromatic heterocycles. The van der Waals surface area contributed by atoms with Gasteiger partial charge in [0, 0.05) is 19.6 Å². The molecule has 0 fully saturated rings.